The zero-order valence-corrected chi connectivity index (χ0v) is 9.32. The Morgan fingerprint density at radius 1 is 1.67 bits per heavy atom. The van der Waals surface area contributed by atoms with Crippen LogP contribution in [0, 0.1) is 0 Å². The number of hydrogen-bond acceptors (Lipinski definition) is 3. The molecule has 0 bridgehead atoms. The van der Waals surface area contributed by atoms with Crippen LogP contribution in [-0.2, 0) is 6.54 Å². The molecule has 0 saturated carbocycles. The van der Waals surface area contributed by atoms with Gasteiger partial charge in [0.2, 0.25) is 0 Å². The third-order valence-corrected chi connectivity index (χ3v) is 2.12. The van der Waals surface area contributed by atoms with Crippen LogP contribution in [0.25, 0.3) is 0 Å². The first-order chi connectivity index (χ1) is 7.06. The van der Waals surface area contributed by atoms with Gasteiger partial charge < -0.3 is 15.0 Å². The fourth-order valence-electron chi connectivity index (χ4n) is 1.35. The summed E-state index contributed by atoms with van der Waals surface area (Å²) in [6.07, 6.45) is 1.58. The molecule has 0 aromatic carbocycles. The maximum atomic E-state index is 10.8. The van der Waals surface area contributed by atoms with Crippen molar-refractivity contribution in [1.29, 1.82) is 0 Å². The van der Waals surface area contributed by atoms with E-state index in [1.165, 1.54) is 0 Å². The molecule has 2 N–H and O–H groups in total. The highest BCUT2D eigenvalue weighted by Crippen LogP contribution is 2.11. The highest BCUT2D eigenvalue weighted by Gasteiger charge is 2.14. The van der Waals surface area contributed by atoms with Crippen molar-refractivity contribution < 1.29 is 9.90 Å². The average Bonchev–Trinajstić information content (AvgIpc) is 2.58. The molecule has 0 radical (unpaired) electrons. The average molecular weight is 211 g/mol. The molecule has 0 aliphatic carbocycles. The van der Waals surface area contributed by atoms with Crippen molar-refractivity contribution >= 4 is 5.97 Å². The van der Waals surface area contributed by atoms with Crippen LogP contribution in [0.1, 0.15) is 43.1 Å². The first-order valence-corrected chi connectivity index (χ1v) is 5.08. The molecule has 5 nitrogen and oxygen atoms in total. The van der Waals surface area contributed by atoms with Crippen molar-refractivity contribution in [3.8, 4) is 0 Å². The van der Waals surface area contributed by atoms with Gasteiger partial charge in [-0.3, -0.25) is 0 Å². The molecule has 1 heterocycles. The molecule has 1 aromatic rings. The van der Waals surface area contributed by atoms with Gasteiger partial charge in [-0.15, -0.1) is 0 Å². The first kappa shape index (κ1) is 11.7. The Morgan fingerprint density at radius 3 is 2.80 bits per heavy atom. The van der Waals surface area contributed by atoms with Crippen molar-refractivity contribution in [1.82, 2.24) is 14.9 Å². The predicted octanol–water partition coefficient (Wildman–Crippen LogP) is 1.27. The number of rotatable bonds is 5. The second kappa shape index (κ2) is 4.93. The highest BCUT2D eigenvalue weighted by atomic mass is 16.4. The van der Waals surface area contributed by atoms with Crippen molar-refractivity contribution in [3.63, 3.8) is 0 Å². The van der Waals surface area contributed by atoms with E-state index < -0.39 is 5.97 Å². The fourth-order valence-corrected chi connectivity index (χ4v) is 1.35. The minimum atomic E-state index is -0.979. The number of nitrogens with one attached hydrogen (secondary N) is 1. The Balaban J connectivity index is 2.95. The molecule has 0 fully saturated rings. The van der Waals surface area contributed by atoms with Gasteiger partial charge in [0.15, 0.2) is 5.69 Å². The lowest BCUT2D eigenvalue weighted by atomic mass is 10.4. The third kappa shape index (κ3) is 2.79. The summed E-state index contributed by atoms with van der Waals surface area (Å²) in [6, 6.07) is 0.222. The largest absolute Gasteiger partial charge is 0.476 e. The van der Waals surface area contributed by atoms with Crippen molar-refractivity contribution in [2.45, 2.75) is 33.4 Å². The van der Waals surface area contributed by atoms with E-state index in [-0.39, 0.29) is 11.7 Å². The van der Waals surface area contributed by atoms with Crippen LogP contribution in [-0.4, -0.2) is 27.2 Å². The molecule has 0 saturated heterocycles. The zero-order chi connectivity index (χ0) is 11.4. The number of aromatic nitrogens is 2. The van der Waals surface area contributed by atoms with Crippen molar-refractivity contribution in [2.24, 2.45) is 0 Å². The maximum Gasteiger partial charge on any atom is 0.356 e. The second-order valence-electron chi connectivity index (χ2n) is 3.63. The molecule has 1 aromatic heterocycles. The smallest absolute Gasteiger partial charge is 0.356 e. The minimum Gasteiger partial charge on any atom is -0.476 e. The van der Waals surface area contributed by atoms with Gasteiger partial charge in [-0.2, -0.15) is 0 Å². The second-order valence-corrected chi connectivity index (χ2v) is 3.63. The Kier molecular flexibility index (Phi) is 3.85. The van der Waals surface area contributed by atoms with Crippen LogP contribution in [0.2, 0.25) is 0 Å². The predicted molar refractivity (Wildman–Crippen MR) is 57.0 cm³/mol. The first-order valence-electron chi connectivity index (χ1n) is 5.08. The fraction of sp³-hybridized carbons (Fsp3) is 0.600. The molecule has 1 rings (SSSR count). The summed E-state index contributed by atoms with van der Waals surface area (Å²) in [5.41, 5.74) is 0.108. The Labute approximate surface area is 89.1 Å². The number of aromatic carboxylic acids is 1. The standard InChI is InChI=1S/C10H17N3O2/c1-4-11-5-9-12-8(10(14)15)6-13(9)7(2)3/h6-7,11H,4-5H2,1-3H3,(H,14,15). The van der Waals surface area contributed by atoms with Gasteiger partial charge in [-0.1, -0.05) is 6.92 Å². The SMILES string of the molecule is CCNCc1nc(C(=O)O)cn1C(C)C. The number of imidazole rings is 1. The van der Waals surface area contributed by atoms with E-state index in [2.05, 4.69) is 10.3 Å². The minimum absolute atomic E-state index is 0.108. The van der Waals surface area contributed by atoms with Gasteiger partial charge in [0.05, 0.1) is 6.54 Å². The van der Waals surface area contributed by atoms with Gasteiger partial charge in [-0.25, -0.2) is 9.78 Å². The van der Waals surface area contributed by atoms with E-state index >= 15 is 0 Å². The third-order valence-electron chi connectivity index (χ3n) is 2.12. The molecule has 0 spiro atoms. The van der Waals surface area contributed by atoms with Gasteiger partial charge in [0.25, 0.3) is 0 Å². The van der Waals surface area contributed by atoms with Crippen molar-refractivity contribution in [3.05, 3.63) is 17.7 Å². The topological polar surface area (TPSA) is 67.2 Å². The van der Waals surface area contributed by atoms with E-state index in [1.54, 1.807) is 6.20 Å². The van der Waals surface area contributed by atoms with E-state index in [9.17, 15) is 4.79 Å². The number of carboxylic acids is 1. The zero-order valence-electron chi connectivity index (χ0n) is 9.32. The van der Waals surface area contributed by atoms with Crippen LogP contribution in [0.4, 0.5) is 0 Å². The summed E-state index contributed by atoms with van der Waals surface area (Å²) in [7, 11) is 0. The number of carbonyl (C=O) groups is 1. The molecule has 15 heavy (non-hydrogen) atoms. The van der Waals surface area contributed by atoms with Gasteiger partial charge >= 0.3 is 5.97 Å². The molecular formula is C10H17N3O2. The molecular weight excluding hydrogens is 194 g/mol. The van der Waals surface area contributed by atoms with E-state index in [1.807, 2.05) is 25.3 Å². The molecule has 0 unspecified atom stereocenters. The van der Waals surface area contributed by atoms with Gasteiger partial charge in [0.1, 0.15) is 5.82 Å². The Morgan fingerprint density at radius 2 is 2.33 bits per heavy atom. The number of hydrogen-bond donors (Lipinski definition) is 2. The summed E-state index contributed by atoms with van der Waals surface area (Å²) in [4.78, 5) is 14.8. The molecule has 0 aliphatic heterocycles. The lowest BCUT2D eigenvalue weighted by Crippen LogP contribution is -2.17. The lowest BCUT2D eigenvalue weighted by molar-refractivity contribution is 0.0691. The van der Waals surface area contributed by atoms with E-state index in [0.717, 1.165) is 12.4 Å². The van der Waals surface area contributed by atoms with E-state index in [4.69, 9.17) is 5.11 Å². The summed E-state index contributed by atoms with van der Waals surface area (Å²) < 4.78 is 1.88. The molecule has 5 heteroatoms. The normalized spacial score (nSPS) is 10.9. The number of carboxylic acid groups (broad SMARTS) is 1. The molecule has 0 amide bonds. The van der Waals surface area contributed by atoms with Crippen molar-refractivity contribution in [2.75, 3.05) is 6.54 Å². The molecule has 0 atom stereocenters. The summed E-state index contributed by atoms with van der Waals surface area (Å²) >= 11 is 0. The monoisotopic (exact) mass is 211 g/mol. The van der Waals surface area contributed by atoms with Crippen LogP contribution >= 0.6 is 0 Å². The van der Waals surface area contributed by atoms with Crippen LogP contribution in [0.15, 0.2) is 6.20 Å². The van der Waals surface area contributed by atoms with Gasteiger partial charge in [-0.05, 0) is 20.4 Å². The summed E-state index contributed by atoms with van der Waals surface area (Å²) in [5.74, 6) is -0.212. The summed E-state index contributed by atoms with van der Waals surface area (Å²) in [6.45, 7) is 7.45. The molecule has 84 valence electrons. The van der Waals surface area contributed by atoms with E-state index in [0.29, 0.717) is 6.54 Å². The highest BCUT2D eigenvalue weighted by molar-refractivity contribution is 5.85. The van der Waals surface area contributed by atoms with Crippen LogP contribution < -0.4 is 5.32 Å². The van der Waals surface area contributed by atoms with Crippen LogP contribution in [0.5, 0.6) is 0 Å². The Hall–Kier alpha value is -1.36. The molecule has 0 aliphatic rings. The lowest BCUT2D eigenvalue weighted by Gasteiger charge is -2.10. The number of nitrogens with zero attached hydrogens (tertiary/aromatic N) is 2. The Bertz CT molecular complexity index is 344. The van der Waals surface area contributed by atoms with Gasteiger partial charge in [0, 0.05) is 12.2 Å². The maximum absolute atomic E-state index is 10.8. The summed E-state index contributed by atoms with van der Waals surface area (Å²) in [5, 5.41) is 12.0. The van der Waals surface area contributed by atoms with Crippen LogP contribution in [0.3, 0.4) is 0 Å². The quantitative estimate of drug-likeness (QED) is 0.769.